The minimum Gasteiger partial charge on any atom is -0.496 e. The van der Waals surface area contributed by atoms with E-state index in [1.165, 1.54) is 32.4 Å². The summed E-state index contributed by atoms with van der Waals surface area (Å²) in [7, 11) is 1.51. The number of hydrogen-bond donors (Lipinski definition) is 1. The average molecular weight is 264 g/mol. The van der Waals surface area contributed by atoms with Gasteiger partial charge in [-0.25, -0.2) is 0 Å². The van der Waals surface area contributed by atoms with Crippen molar-refractivity contribution in [2.24, 2.45) is 5.92 Å². The third kappa shape index (κ3) is 3.36. The van der Waals surface area contributed by atoms with Crippen LogP contribution >= 0.6 is 0 Å². The van der Waals surface area contributed by atoms with E-state index < -0.39 is 0 Å². The molecule has 0 spiro atoms. The van der Waals surface area contributed by atoms with Gasteiger partial charge in [0, 0.05) is 6.04 Å². The largest absolute Gasteiger partial charge is 0.496 e. The number of methoxy groups -OCH3 is 1. The molecule has 1 aromatic rings. The Kier molecular flexibility index (Phi) is 4.24. The van der Waals surface area contributed by atoms with E-state index in [1.807, 2.05) is 0 Å². The van der Waals surface area contributed by atoms with Gasteiger partial charge in [-0.3, -0.25) is 10.1 Å². The molecule has 1 saturated carbocycles. The Labute approximate surface area is 113 Å². The van der Waals surface area contributed by atoms with E-state index in [9.17, 15) is 10.1 Å². The molecule has 0 radical (unpaired) electrons. The first kappa shape index (κ1) is 13.6. The van der Waals surface area contributed by atoms with E-state index in [0.29, 0.717) is 11.4 Å². The molecule has 0 saturated heterocycles. The Morgan fingerprint density at radius 3 is 2.79 bits per heavy atom. The van der Waals surface area contributed by atoms with Crippen LogP contribution in [0.2, 0.25) is 0 Å². The van der Waals surface area contributed by atoms with Crippen molar-refractivity contribution in [3.05, 3.63) is 28.3 Å². The van der Waals surface area contributed by atoms with Crippen LogP contribution in [0, 0.1) is 16.0 Å². The summed E-state index contributed by atoms with van der Waals surface area (Å²) in [5.74, 6) is 1.28. The van der Waals surface area contributed by atoms with Crippen LogP contribution in [-0.4, -0.2) is 18.1 Å². The molecule has 2 rings (SSSR count). The van der Waals surface area contributed by atoms with Gasteiger partial charge in [-0.1, -0.05) is 19.3 Å². The first-order valence-electron chi connectivity index (χ1n) is 6.69. The number of nitrogens with zero attached hydrogens (tertiary/aromatic N) is 1. The van der Waals surface area contributed by atoms with Crippen molar-refractivity contribution in [1.82, 2.24) is 0 Å². The van der Waals surface area contributed by atoms with E-state index in [2.05, 4.69) is 12.2 Å². The SMILES string of the molecule is COc1ccc(NC(C)CC2CCC2)c([N+](=O)[O-])c1. The van der Waals surface area contributed by atoms with E-state index >= 15 is 0 Å². The van der Waals surface area contributed by atoms with Crippen molar-refractivity contribution >= 4 is 11.4 Å². The summed E-state index contributed by atoms with van der Waals surface area (Å²) >= 11 is 0. The fourth-order valence-corrected chi connectivity index (χ4v) is 2.46. The molecule has 1 aliphatic rings. The van der Waals surface area contributed by atoms with Gasteiger partial charge in [0.25, 0.3) is 5.69 Å². The molecule has 1 N–H and O–H groups in total. The van der Waals surface area contributed by atoms with Gasteiger partial charge < -0.3 is 10.1 Å². The van der Waals surface area contributed by atoms with E-state index in [4.69, 9.17) is 4.74 Å². The summed E-state index contributed by atoms with van der Waals surface area (Å²) in [5.41, 5.74) is 0.637. The predicted octanol–water partition coefficient (Wildman–Crippen LogP) is 3.59. The van der Waals surface area contributed by atoms with Crippen LogP contribution in [0.25, 0.3) is 0 Å². The van der Waals surface area contributed by atoms with E-state index in [0.717, 1.165) is 12.3 Å². The molecule has 1 atom stereocenters. The number of benzene rings is 1. The van der Waals surface area contributed by atoms with Crippen molar-refractivity contribution < 1.29 is 9.66 Å². The number of nitrogens with one attached hydrogen (secondary N) is 1. The van der Waals surface area contributed by atoms with Crippen molar-refractivity contribution in [2.75, 3.05) is 12.4 Å². The van der Waals surface area contributed by atoms with Crippen molar-refractivity contribution in [3.8, 4) is 5.75 Å². The maximum Gasteiger partial charge on any atom is 0.296 e. The number of nitro groups is 1. The lowest BCUT2D eigenvalue weighted by Crippen LogP contribution is -2.23. The molecule has 0 amide bonds. The number of hydrogen-bond acceptors (Lipinski definition) is 4. The van der Waals surface area contributed by atoms with Gasteiger partial charge in [0.2, 0.25) is 0 Å². The fraction of sp³-hybridized carbons (Fsp3) is 0.571. The second-order valence-corrected chi connectivity index (χ2v) is 5.22. The maximum absolute atomic E-state index is 11.1. The van der Waals surface area contributed by atoms with Crippen LogP contribution in [0.3, 0.4) is 0 Å². The molecule has 5 nitrogen and oxygen atoms in total. The zero-order valence-corrected chi connectivity index (χ0v) is 11.4. The molecular formula is C14H20N2O3. The lowest BCUT2D eigenvalue weighted by molar-refractivity contribution is -0.384. The lowest BCUT2D eigenvalue weighted by atomic mass is 9.81. The smallest absolute Gasteiger partial charge is 0.296 e. The molecule has 104 valence electrons. The molecular weight excluding hydrogens is 244 g/mol. The highest BCUT2D eigenvalue weighted by Crippen LogP contribution is 2.33. The monoisotopic (exact) mass is 264 g/mol. The van der Waals surface area contributed by atoms with Crippen molar-refractivity contribution in [3.63, 3.8) is 0 Å². The van der Waals surface area contributed by atoms with Crippen molar-refractivity contribution in [1.29, 1.82) is 0 Å². The van der Waals surface area contributed by atoms with Crippen LogP contribution in [0.4, 0.5) is 11.4 Å². The second-order valence-electron chi connectivity index (χ2n) is 5.22. The molecule has 0 aromatic heterocycles. The minimum absolute atomic E-state index is 0.0693. The van der Waals surface area contributed by atoms with Crippen molar-refractivity contribution in [2.45, 2.75) is 38.6 Å². The van der Waals surface area contributed by atoms with Gasteiger partial charge in [-0.2, -0.15) is 0 Å². The summed E-state index contributed by atoms with van der Waals surface area (Å²) in [4.78, 5) is 10.7. The first-order chi connectivity index (χ1) is 9.10. The number of ether oxygens (including phenoxy) is 1. The average Bonchev–Trinajstić information content (AvgIpc) is 2.34. The van der Waals surface area contributed by atoms with Crippen LogP contribution in [0.15, 0.2) is 18.2 Å². The van der Waals surface area contributed by atoms with Crippen LogP contribution in [0.5, 0.6) is 5.75 Å². The Morgan fingerprint density at radius 2 is 2.26 bits per heavy atom. The Balaban J connectivity index is 2.07. The van der Waals surface area contributed by atoms with Crippen LogP contribution in [0.1, 0.15) is 32.6 Å². The Hall–Kier alpha value is -1.78. The third-order valence-electron chi connectivity index (χ3n) is 3.72. The number of rotatable bonds is 6. The molecule has 0 aliphatic heterocycles. The Morgan fingerprint density at radius 1 is 1.53 bits per heavy atom. The highest BCUT2D eigenvalue weighted by atomic mass is 16.6. The maximum atomic E-state index is 11.1. The Bertz CT molecular complexity index is 458. The zero-order valence-electron chi connectivity index (χ0n) is 11.4. The van der Waals surface area contributed by atoms with Gasteiger partial charge in [-0.05, 0) is 31.4 Å². The molecule has 5 heteroatoms. The van der Waals surface area contributed by atoms with Gasteiger partial charge in [0.15, 0.2) is 0 Å². The van der Waals surface area contributed by atoms with Crippen LogP contribution < -0.4 is 10.1 Å². The third-order valence-corrected chi connectivity index (χ3v) is 3.72. The number of anilines is 1. The molecule has 0 bridgehead atoms. The molecule has 1 unspecified atom stereocenters. The second kappa shape index (κ2) is 5.91. The summed E-state index contributed by atoms with van der Waals surface area (Å²) in [6.07, 6.45) is 4.97. The normalized spacial score (nSPS) is 16.5. The summed E-state index contributed by atoms with van der Waals surface area (Å²) < 4.78 is 5.02. The zero-order chi connectivity index (χ0) is 13.8. The predicted molar refractivity (Wildman–Crippen MR) is 74.7 cm³/mol. The van der Waals surface area contributed by atoms with Crippen LogP contribution in [-0.2, 0) is 0 Å². The minimum atomic E-state index is -0.374. The molecule has 19 heavy (non-hydrogen) atoms. The highest BCUT2D eigenvalue weighted by Gasteiger charge is 2.22. The summed E-state index contributed by atoms with van der Waals surface area (Å²) in [6, 6.07) is 5.16. The highest BCUT2D eigenvalue weighted by molar-refractivity contribution is 5.64. The molecule has 0 heterocycles. The van der Waals surface area contributed by atoms with Gasteiger partial charge in [-0.15, -0.1) is 0 Å². The fourth-order valence-electron chi connectivity index (χ4n) is 2.46. The first-order valence-corrected chi connectivity index (χ1v) is 6.69. The van der Waals surface area contributed by atoms with Gasteiger partial charge in [0.1, 0.15) is 11.4 Å². The summed E-state index contributed by atoms with van der Waals surface area (Å²) in [5, 5.41) is 14.3. The number of nitro benzene ring substituents is 1. The van der Waals surface area contributed by atoms with E-state index in [1.54, 1.807) is 12.1 Å². The molecule has 1 aromatic carbocycles. The lowest BCUT2D eigenvalue weighted by Gasteiger charge is -2.28. The molecule has 1 aliphatic carbocycles. The van der Waals surface area contributed by atoms with Gasteiger partial charge >= 0.3 is 0 Å². The standard InChI is InChI=1S/C14H20N2O3/c1-10(8-11-4-3-5-11)15-13-7-6-12(19-2)9-14(13)16(17)18/h6-7,9-11,15H,3-5,8H2,1-2H3. The topological polar surface area (TPSA) is 64.4 Å². The summed E-state index contributed by atoms with van der Waals surface area (Å²) in [6.45, 7) is 2.08. The molecule has 1 fully saturated rings. The van der Waals surface area contributed by atoms with E-state index in [-0.39, 0.29) is 16.7 Å². The quantitative estimate of drug-likeness (QED) is 0.630. The van der Waals surface area contributed by atoms with Gasteiger partial charge in [0.05, 0.1) is 18.1 Å².